The Kier molecular flexibility index (Phi) is 6.89. The van der Waals surface area contributed by atoms with Gasteiger partial charge in [0.1, 0.15) is 11.6 Å². The number of benzene rings is 2. The number of anilines is 1. The molecule has 0 atom stereocenters. The molecule has 0 radical (unpaired) electrons. The summed E-state index contributed by atoms with van der Waals surface area (Å²) in [5, 5.41) is 11.7. The topological polar surface area (TPSA) is 76.9 Å². The SMILES string of the molecule is Cn1c(CC(=O)Nc2ccccc2F)nnc1SCC(=O)c1ccc(Cl)cc1Cl. The van der Waals surface area contributed by atoms with Crippen LogP contribution in [0.4, 0.5) is 10.1 Å². The van der Waals surface area contributed by atoms with Crippen molar-refractivity contribution in [1.29, 1.82) is 0 Å². The third-order valence-electron chi connectivity index (χ3n) is 3.96. The summed E-state index contributed by atoms with van der Waals surface area (Å²) in [6.07, 6.45) is -0.0879. The number of para-hydroxylation sites is 1. The molecule has 0 bridgehead atoms. The number of ketones is 1. The molecule has 0 aliphatic carbocycles. The van der Waals surface area contributed by atoms with Gasteiger partial charge >= 0.3 is 0 Å². The Morgan fingerprint density at radius 3 is 2.66 bits per heavy atom. The summed E-state index contributed by atoms with van der Waals surface area (Å²) in [6.45, 7) is 0. The molecule has 150 valence electrons. The molecule has 0 saturated carbocycles. The van der Waals surface area contributed by atoms with Gasteiger partial charge in [-0.25, -0.2) is 4.39 Å². The van der Waals surface area contributed by atoms with Crippen molar-refractivity contribution in [3.63, 3.8) is 0 Å². The predicted octanol–water partition coefficient (Wildman–Crippen LogP) is 4.42. The van der Waals surface area contributed by atoms with Crippen LogP contribution in [0.15, 0.2) is 47.6 Å². The third kappa shape index (κ3) is 5.35. The van der Waals surface area contributed by atoms with Crippen LogP contribution in [-0.4, -0.2) is 32.2 Å². The number of thioether (sulfide) groups is 1. The van der Waals surface area contributed by atoms with Crippen LogP contribution in [0, 0.1) is 5.82 Å². The number of carbonyl (C=O) groups is 2. The summed E-state index contributed by atoms with van der Waals surface area (Å²) in [5.74, 6) is -0.646. The first-order valence-corrected chi connectivity index (χ1v) is 10.1. The fraction of sp³-hybridized carbons (Fsp3) is 0.158. The number of aromatic nitrogens is 3. The highest BCUT2D eigenvalue weighted by molar-refractivity contribution is 7.99. The molecule has 0 aliphatic heterocycles. The van der Waals surface area contributed by atoms with E-state index in [9.17, 15) is 14.0 Å². The summed E-state index contributed by atoms with van der Waals surface area (Å²) in [4.78, 5) is 24.5. The van der Waals surface area contributed by atoms with E-state index < -0.39 is 11.7 Å². The second-order valence-electron chi connectivity index (χ2n) is 6.00. The van der Waals surface area contributed by atoms with Crippen LogP contribution >= 0.6 is 35.0 Å². The highest BCUT2D eigenvalue weighted by Crippen LogP contribution is 2.24. The van der Waals surface area contributed by atoms with Gasteiger partial charge in [0.15, 0.2) is 10.9 Å². The zero-order chi connectivity index (χ0) is 21.0. The van der Waals surface area contributed by atoms with Crippen LogP contribution in [0.1, 0.15) is 16.2 Å². The third-order valence-corrected chi connectivity index (χ3v) is 5.52. The minimum Gasteiger partial charge on any atom is -0.323 e. The molecule has 0 fully saturated rings. The Bertz CT molecular complexity index is 1070. The number of carbonyl (C=O) groups excluding carboxylic acids is 2. The van der Waals surface area contributed by atoms with E-state index in [1.807, 2.05) is 0 Å². The molecular weight excluding hydrogens is 438 g/mol. The van der Waals surface area contributed by atoms with Gasteiger partial charge in [-0.3, -0.25) is 9.59 Å². The van der Waals surface area contributed by atoms with E-state index in [4.69, 9.17) is 23.2 Å². The van der Waals surface area contributed by atoms with Gasteiger partial charge < -0.3 is 9.88 Å². The van der Waals surface area contributed by atoms with Gasteiger partial charge in [0.25, 0.3) is 0 Å². The highest BCUT2D eigenvalue weighted by Gasteiger charge is 2.17. The lowest BCUT2D eigenvalue weighted by Gasteiger charge is -2.07. The molecule has 1 N–H and O–H groups in total. The second-order valence-corrected chi connectivity index (χ2v) is 7.78. The smallest absolute Gasteiger partial charge is 0.232 e. The summed E-state index contributed by atoms with van der Waals surface area (Å²) in [6, 6.07) is 10.6. The van der Waals surface area contributed by atoms with Gasteiger partial charge in [-0.05, 0) is 30.3 Å². The molecule has 6 nitrogen and oxygen atoms in total. The van der Waals surface area contributed by atoms with Gasteiger partial charge in [0, 0.05) is 17.6 Å². The molecule has 29 heavy (non-hydrogen) atoms. The van der Waals surface area contributed by atoms with Crippen molar-refractivity contribution in [2.75, 3.05) is 11.1 Å². The van der Waals surface area contributed by atoms with E-state index in [2.05, 4.69) is 15.5 Å². The van der Waals surface area contributed by atoms with Crippen LogP contribution in [0.5, 0.6) is 0 Å². The van der Waals surface area contributed by atoms with E-state index in [0.717, 1.165) is 0 Å². The fourth-order valence-corrected chi connectivity index (χ4v) is 3.78. The Hall–Kier alpha value is -2.42. The lowest BCUT2D eigenvalue weighted by molar-refractivity contribution is -0.115. The van der Waals surface area contributed by atoms with Crippen LogP contribution in [0.25, 0.3) is 0 Å². The van der Waals surface area contributed by atoms with E-state index in [1.54, 1.807) is 29.8 Å². The summed E-state index contributed by atoms with van der Waals surface area (Å²) in [5.41, 5.74) is 0.468. The first kappa shape index (κ1) is 21.3. The second kappa shape index (κ2) is 9.39. The summed E-state index contributed by atoms with van der Waals surface area (Å²) in [7, 11) is 1.69. The molecule has 0 saturated heterocycles. The van der Waals surface area contributed by atoms with Crippen molar-refractivity contribution in [2.45, 2.75) is 11.6 Å². The monoisotopic (exact) mass is 452 g/mol. The maximum absolute atomic E-state index is 13.6. The summed E-state index contributed by atoms with van der Waals surface area (Å²) < 4.78 is 15.3. The molecule has 2 aromatic carbocycles. The van der Waals surface area contributed by atoms with Crippen LogP contribution in [0.3, 0.4) is 0 Å². The molecule has 1 heterocycles. The molecule has 0 unspecified atom stereocenters. The van der Waals surface area contributed by atoms with E-state index in [0.29, 0.717) is 21.6 Å². The first-order valence-electron chi connectivity index (χ1n) is 8.39. The molecular formula is C19H15Cl2FN4O2S. The average Bonchev–Trinajstić information content (AvgIpc) is 3.01. The van der Waals surface area contributed by atoms with Gasteiger partial charge in [0.05, 0.1) is 22.9 Å². The van der Waals surface area contributed by atoms with Crippen molar-refractivity contribution in [1.82, 2.24) is 14.8 Å². The van der Waals surface area contributed by atoms with Crippen molar-refractivity contribution in [2.24, 2.45) is 7.05 Å². The Balaban J connectivity index is 1.61. The Morgan fingerprint density at radius 2 is 1.93 bits per heavy atom. The predicted molar refractivity (Wildman–Crippen MR) is 111 cm³/mol. The van der Waals surface area contributed by atoms with Crippen LogP contribution in [0.2, 0.25) is 10.0 Å². The number of amides is 1. The highest BCUT2D eigenvalue weighted by atomic mass is 35.5. The molecule has 3 aromatic rings. The first-order chi connectivity index (χ1) is 13.8. The maximum Gasteiger partial charge on any atom is 0.232 e. The van der Waals surface area contributed by atoms with E-state index in [-0.39, 0.29) is 28.7 Å². The van der Waals surface area contributed by atoms with Crippen molar-refractivity contribution >= 4 is 52.3 Å². The van der Waals surface area contributed by atoms with Crippen LogP contribution < -0.4 is 5.32 Å². The molecule has 0 spiro atoms. The van der Waals surface area contributed by atoms with Gasteiger partial charge in [-0.2, -0.15) is 0 Å². The minimum absolute atomic E-state index is 0.0879. The lowest BCUT2D eigenvalue weighted by Crippen LogP contribution is -2.17. The molecule has 3 rings (SSSR count). The Morgan fingerprint density at radius 1 is 1.17 bits per heavy atom. The van der Waals surface area contributed by atoms with Crippen molar-refractivity contribution < 1.29 is 14.0 Å². The molecule has 1 aromatic heterocycles. The number of hydrogen-bond donors (Lipinski definition) is 1. The molecule has 1 amide bonds. The lowest BCUT2D eigenvalue weighted by atomic mass is 10.1. The van der Waals surface area contributed by atoms with E-state index >= 15 is 0 Å². The quantitative estimate of drug-likeness (QED) is 0.424. The van der Waals surface area contributed by atoms with E-state index in [1.165, 1.54) is 36.0 Å². The number of rotatable bonds is 7. The van der Waals surface area contributed by atoms with Gasteiger partial charge in [0.2, 0.25) is 5.91 Å². The zero-order valence-corrected chi connectivity index (χ0v) is 17.5. The molecule has 10 heteroatoms. The standard InChI is InChI=1S/C19H15Cl2FN4O2S/c1-26-17(9-18(28)23-15-5-3-2-4-14(15)22)24-25-19(26)29-10-16(27)12-7-6-11(20)8-13(12)21/h2-8H,9-10H2,1H3,(H,23,28). The van der Waals surface area contributed by atoms with Crippen molar-refractivity contribution in [3.8, 4) is 0 Å². The maximum atomic E-state index is 13.6. The number of Topliss-reactive ketones (excluding diaryl/α,β-unsaturated/α-hetero) is 1. The largest absolute Gasteiger partial charge is 0.323 e. The van der Waals surface area contributed by atoms with Crippen LogP contribution in [-0.2, 0) is 18.3 Å². The van der Waals surface area contributed by atoms with Crippen molar-refractivity contribution in [3.05, 3.63) is 69.7 Å². The normalized spacial score (nSPS) is 10.8. The number of nitrogens with one attached hydrogen (secondary N) is 1. The Labute approximate surface area is 180 Å². The van der Waals surface area contributed by atoms with Gasteiger partial charge in [-0.15, -0.1) is 10.2 Å². The average molecular weight is 453 g/mol. The summed E-state index contributed by atoms with van der Waals surface area (Å²) >= 11 is 13.1. The minimum atomic E-state index is -0.519. The molecule has 0 aliphatic rings. The number of nitrogens with zero attached hydrogens (tertiary/aromatic N) is 3. The van der Waals surface area contributed by atoms with Gasteiger partial charge in [-0.1, -0.05) is 47.1 Å². The number of halogens is 3. The zero-order valence-electron chi connectivity index (χ0n) is 15.2. The fourth-order valence-electron chi connectivity index (χ4n) is 2.45. The number of hydrogen-bond acceptors (Lipinski definition) is 5.